The average molecular weight is 461 g/mol. The lowest BCUT2D eigenvalue weighted by atomic mass is 10.1. The van der Waals surface area contributed by atoms with Crippen molar-refractivity contribution in [2.75, 3.05) is 10.6 Å². The molecule has 32 heavy (non-hydrogen) atoms. The zero-order valence-corrected chi connectivity index (χ0v) is 18.5. The van der Waals surface area contributed by atoms with Gasteiger partial charge < -0.3 is 10.6 Å². The van der Waals surface area contributed by atoms with Gasteiger partial charge in [0.2, 0.25) is 0 Å². The van der Waals surface area contributed by atoms with Gasteiger partial charge in [-0.3, -0.25) is 0 Å². The first-order chi connectivity index (χ1) is 15.6. The number of anilines is 2. The van der Waals surface area contributed by atoms with Crippen molar-refractivity contribution in [1.82, 2.24) is 19.8 Å². The largest absolute Gasteiger partial charge is 0.323 e. The third-order valence-electron chi connectivity index (χ3n) is 4.79. The van der Waals surface area contributed by atoms with Gasteiger partial charge in [-0.15, -0.1) is 21.5 Å². The van der Waals surface area contributed by atoms with Crippen LogP contribution in [0.3, 0.4) is 0 Å². The number of aryl methyl sites for hydroxylation is 1. The Morgan fingerprint density at radius 3 is 2.75 bits per heavy atom. The quantitative estimate of drug-likeness (QED) is 0.338. The predicted molar refractivity (Wildman–Crippen MR) is 128 cm³/mol. The van der Waals surface area contributed by atoms with Crippen molar-refractivity contribution in [2.24, 2.45) is 0 Å². The van der Waals surface area contributed by atoms with E-state index in [0.29, 0.717) is 27.9 Å². The van der Waals surface area contributed by atoms with Gasteiger partial charge in [0.05, 0.1) is 21.3 Å². The number of thiophene rings is 1. The lowest BCUT2D eigenvalue weighted by Gasteiger charge is -2.11. The molecule has 0 atom stereocenters. The minimum Gasteiger partial charge on any atom is -0.308 e. The maximum atomic E-state index is 12.5. The standard InChI is InChI=1S/C23H17ClN6OS/c1-14-7-8-17(24)19(12-14)26-23(31)25-16-5-2-4-15(13-16)18-9-10-21-27-28-22(30(21)29-18)20-6-3-11-32-20/h2-13H,1H3,(H2,25,26,31). The summed E-state index contributed by atoms with van der Waals surface area (Å²) in [5.74, 6) is 0.695. The summed E-state index contributed by atoms with van der Waals surface area (Å²) in [6, 6.07) is 20.3. The summed E-state index contributed by atoms with van der Waals surface area (Å²) in [4.78, 5) is 13.5. The van der Waals surface area contributed by atoms with Gasteiger partial charge in [0.25, 0.3) is 0 Å². The van der Waals surface area contributed by atoms with E-state index in [0.717, 1.165) is 21.7 Å². The Balaban J connectivity index is 1.40. The third kappa shape index (κ3) is 4.05. The smallest absolute Gasteiger partial charge is 0.308 e. The molecule has 0 saturated heterocycles. The second-order valence-corrected chi connectivity index (χ2v) is 8.49. The van der Waals surface area contributed by atoms with Gasteiger partial charge in [0, 0.05) is 11.3 Å². The number of amides is 2. The summed E-state index contributed by atoms with van der Waals surface area (Å²) in [6.07, 6.45) is 0. The topological polar surface area (TPSA) is 84.2 Å². The molecule has 5 aromatic rings. The van der Waals surface area contributed by atoms with Gasteiger partial charge in [-0.2, -0.15) is 9.61 Å². The lowest BCUT2D eigenvalue weighted by molar-refractivity contribution is 0.262. The molecule has 0 unspecified atom stereocenters. The van der Waals surface area contributed by atoms with Crippen molar-refractivity contribution < 1.29 is 4.79 Å². The Hall–Kier alpha value is -3.75. The highest BCUT2D eigenvalue weighted by atomic mass is 35.5. The summed E-state index contributed by atoms with van der Waals surface area (Å²) < 4.78 is 1.73. The molecular formula is C23H17ClN6OS. The lowest BCUT2D eigenvalue weighted by Crippen LogP contribution is -2.19. The Labute approximate surface area is 192 Å². The number of nitrogens with one attached hydrogen (secondary N) is 2. The molecule has 0 aliphatic rings. The molecule has 0 saturated carbocycles. The van der Waals surface area contributed by atoms with Crippen LogP contribution in [0.1, 0.15) is 5.56 Å². The van der Waals surface area contributed by atoms with Crippen LogP contribution in [-0.2, 0) is 0 Å². The van der Waals surface area contributed by atoms with Crippen LogP contribution in [0, 0.1) is 6.92 Å². The molecule has 3 heterocycles. The Morgan fingerprint density at radius 2 is 1.91 bits per heavy atom. The van der Waals surface area contributed by atoms with Gasteiger partial charge in [0.1, 0.15) is 0 Å². The van der Waals surface area contributed by atoms with Crippen LogP contribution in [-0.4, -0.2) is 25.8 Å². The van der Waals surface area contributed by atoms with E-state index < -0.39 is 0 Å². The zero-order chi connectivity index (χ0) is 22.1. The number of carbonyl (C=O) groups is 1. The number of fused-ring (bicyclic) bond motifs is 1. The number of halogens is 1. The molecule has 0 fully saturated rings. The number of urea groups is 1. The van der Waals surface area contributed by atoms with Crippen molar-refractivity contribution in [3.05, 3.63) is 82.7 Å². The highest BCUT2D eigenvalue weighted by Gasteiger charge is 2.12. The summed E-state index contributed by atoms with van der Waals surface area (Å²) in [7, 11) is 0. The molecule has 0 radical (unpaired) electrons. The normalized spacial score (nSPS) is 10.9. The van der Waals surface area contributed by atoms with E-state index in [4.69, 9.17) is 16.7 Å². The van der Waals surface area contributed by atoms with E-state index in [1.807, 2.05) is 73.0 Å². The van der Waals surface area contributed by atoms with Gasteiger partial charge in [-0.1, -0.05) is 35.9 Å². The van der Waals surface area contributed by atoms with E-state index in [-0.39, 0.29) is 6.03 Å². The van der Waals surface area contributed by atoms with Crippen molar-refractivity contribution in [3.63, 3.8) is 0 Å². The van der Waals surface area contributed by atoms with Crippen LogP contribution in [0.5, 0.6) is 0 Å². The van der Waals surface area contributed by atoms with Gasteiger partial charge >= 0.3 is 6.03 Å². The predicted octanol–water partition coefficient (Wildman–Crippen LogP) is 6.13. The SMILES string of the molecule is Cc1ccc(Cl)c(NC(=O)Nc2cccc(-c3ccc4nnc(-c5cccs5)n4n3)c2)c1. The summed E-state index contributed by atoms with van der Waals surface area (Å²) in [5, 5.41) is 21.3. The number of nitrogens with zero attached hydrogens (tertiary/aromatic N) is 4. The Morgan fingerprint density at radius 1 is 1.00 bits per heavy atom. The van der Waals surface area contributed by atoms with Crippen LogP contribution in [0.15, 0.2) is 72.1 Å². The Bertz CT molecular complexity index is 1430. The fourth-order valence-corrected chi connectivity index (χ4v) is 4.14. The van der Waals surface area contributed by atoms with Gasteiger partial charge in [-0.25, -0.2) is 4.79 Å². The number of aromatic nitrogens is 4. The van der Waals surface area contributed by atoms with E-state index >= 15 is 0 Å². The second-order valence-electron chi connectivity index (χ2n) is 7.13. The van der Waals surface area contributed by atoms with Gasteiger partial charge in [-0.05, 0) is 60.3 Å². The highest BCUT2D eigenvalue weighted by Crippen LogP contribution is 2.26. The monoisotopic (exact) mass is 460 g/mol. The minimum atomic E-state index is -0.378. The molecule has 0 spiro atoms. The van der Waals surface area contributed by atoms with Crippen LogP contribution < -0.4 is 10.6 Å². The molecule has 2 amide bonds. The van der Waals surface area contributed by atoms with E-state index in [1.165, 1.54) is 0 Å². The number of rotatable bonds is 4. The summed E-state index contributed by atoms with van der Waals surface area (Å²) in [6.45, 7) is 1.94. The first-order valence-corrected chi connectivity index (χ1v) is 11.0. The minimum absolute atomic E-state index is 0.378. The second kappa shape index (κ2) is 8.41. The van der Waals surface area contributed by atoms with Gasteiger partial charge in [0.15, 0.2) is 11.5 Å². The number of hydrogen-bond donors (Lipinski definition) is 2. The van der Waals surface area contributed by atoms with Crippen molar-refractivity contribution in [1.29, 1.82) is 0 Å². The fraction of sp³-hybridized carbons (Fsp3) is 0.0435. The average Bonchev–Trinajstić information content (AvgIpc) is 3.45. The van der Waals surface area contributed by atoms with Crippen molar-refractivity contribution in [2.45, 2.75) is 6.92 Å². The first-order valence-electron chi connectivity index (χ1n) is 9.78. The molecular weight excluding hydrogens is 444 g/mol. The van der Waals surface area contributed by atoms with Crippen LogP contribution in [0.25, 0.3) is 27.6 Å². The van der Waals surface area contributed by atoms with E-state index in [1.54, 1.807) is 21.9 Å². The number of benzene rings is 2. The highest BCUT2D eigenvalue weighted by molar-refractivity contribution is 7.13. The van der Waals surface area contributed by atoms with Crippen LogP contribution >= 0.6 is 22.9 Å². The van der Waals surface area contributed by atoms with E-state index in [2.05, 4.69) is 20.8 Å². The Kier molecular flexibility index (Phi) is 5.30. The molecule has 158 valence electrons. The number of carbonyl (C=O) groups excluding carboxylic acids is 1. The van der Waals surface area contributed by atoms with Crippen LogP contribution in [0.2, 0.25) is 5.02 Å². The first kappa shape index (κ1) is 20.2. The molecule has 5 rings (SSSR count). The molecule has 2 N–H and O–H groups in total. The fourth-order valence-electron chi connectivity index (χ4n) is 3.28. The molecule has 2 aromatic carbocycles. The molecule has 0 bridgehead atoms. The molecule has 0 aliphatic heterocycles. The molecule has 0 aliphatic carbocycles. The number of hydrogen-bond acceptors (Lipinski definition) is 5. The maximum Gasteiger partial charge on any atom is 0.323 e. The maximum absolute atomic E-state index is 12.5. The molecule has 7 nitrogen and oxygen atoms in total. The zero-order valence-electron chi connectivity index (χ0n) is 16.9. The van der Waals surface area contributed by atoms with Crippen molar-refractivity contribution in [3.8, 4) is 22.0 Å². The summed E-state index contributed by atoms with van der Waals surface area (Å²) >= 11 is 7.76. The summed E-state index contributed by atoms with van der Waals surface area (Å²) in [5.41, 5.74) is 4.45. The van der Waals surface area contributed by atoms with Crippen LogP contribution in [0.4, 0.5) is 16.2 Å². The molecule has 9 heteroatoms. The molecule has 3 aromatic heterocycles. The van der Waals surface area contributed by atoms with Crippen molar-refractivity contribution >= 4 is 46.0 Å². The van der Waals surface area contributed by atoms with E-state index in [9.17, 15) is 4.79 Å². The third-order valence-corrected chi connectivity index (χ3v) is 5.99.